The van der Waals surface area contributed by atoms with Gasteiger partial charge in [-0.3, -0.25) is 4.79 Å². The highest BCUT2D eigenvalue weighted by Gasteiger charge is 2.13. The van der Waals surface area contributed by atoms with E-state index >= 15 is 0 Å². The summed E-state index contributed by atoms with van der Waals surface area (Å²) in [6.07, 6.45) is -0.160. The maximum Gasteiger partial charge on any atom is 0.261 e. The van der Waals surface area contributed by atoms with Crippen LogP contribution in [0.5, 0.6) is 0 Å². The summed E-state index contributed by atoms with van der Waals surface area (Å²) in [5.41, 5.74) is 0.886. The van der Waals surface area contributed by atoms with Crippen molar-refractivity contribution in [1.82, 2.24) is 5.32 Å². The standard InChI is InChI=1S/C18H16ClNO2S/c19-17-9-8-16(23-17)18(22)20-11-10-15(21)14-7-3-5-12-4-1-2-6-13(12)14/h1-9,15,21H,10-11H2,(H,20,22)/t15-/m0/s1. The molecule has 0 aliphatic carbocycles. The molecule has 3 aromatic rings. The Morgan fingerprint density at radius 2 is 1.91 bits per heavy atom. The molecule has 5 heteroatoms. The van der Waals surface area contributed by atoms with Gasteiger partial charge in [0.1, 0.15) is 0 Å². The number of nitrogens with one attached hydrogen (secondary N) is 1. The first kappa shape index (κ1) is 16.0. The zero-order valence-corrected chi connectivity index (χ0v) is 13.9. The highest BCUT2D eigenvalue weighted by atomic mass is 35.5. The molecule has 0 bridgehead atoms. The molecule has 0 aliphatic rings. The van der Waals surface area contributed by atoms with Crippen LogP contribution in [0.15, 0.2) is 54.6 Å². The van der Waals surface area contributed by atoms with E-state index in [9.17, 15) is 9.90 Å². The van der Waals surface area contributed by atoms with Gasteiger partial charge in [-0.2, -0.15) is 0 Å². The summed E-state index contributed by atoms with van der Waals surface area (Å²) in [4.78, 5) is 12.5. The maximum atomic E-state index is 11.9. The average Bonchev–Trinajstić information content (AvgIpc) is 3.00. The SMILES string of the molecule is O=C(NCC[C@H](O)c1cccc2ccccc12)c1ccc(Cl)s1. The smallest absolute Gasteiger partial charge is 0.261 e. The molecule has 2 N–H and O–H groups in total. The Hall–Kier alpha value is -1.88. The lowest BCUT2D eigenvalue weighted by atomic mass is 9.99. The van der Waals surface area contributed by atoms with Crippen LogP contribution in [-0.4, -0.2) is 17.6 Å². The molecule has 0 saturated heterocycles. The number of rotatable bonds is 5. The summed E-state index contributed by atoms with van der Waals surface area (Å²) in [5.74, 6) is -0.160. The Morgan fingerprint density at radius 3 is 2.70 bits per heavy atom. The Morgan fingerprint density at radius 1 is 1.13 bits per heavy atom. The van der Waals surface area contributed by atoms with Crippen molar-refractivity contribution in [2.24, 2.45) is 0 Å². The Bertz CT molecular complexity index is 825. The summed E-state index contributed by atoms with van der Waals surface area (Å²) in [5, 5.41) is 15.4. The van der Waals surface area contributed by atoms with Gasteiger partial charge >= 0.3 is 0 Å². The number of benzene rings is 2. The van der Waals surface area contributed by atoms with Gasteiger partial charge in [0.25, 0.3) is 5.91 Å². The molecule has 1 aromatic heterocycles. The maximum absolute atomic E-state index is 11.9. The predicted octanol–water partition coefficient (Wildman–Crippen LogP) is 4.41. The van der Waals surface area contributed by atoms with Crippen LogP contribution in [0, 0.1) is 0 Å². The van der Waals surface area contributed by atoms with Crippen LogP contribution in [0.4, 0.5) is 0 Å². The molecule has 1 heterocycles. The topological polar surface area (TPSA) is 49.3 Å². The monoisotopic (exact) mass is 345 g/mol. The third-order valence-electron chi connectivity index (χ3n) is 3.68. The molecule has 3 rings (SSSR count). The number of hydrogen-bond acceptors (Lipinski definition) is 3. The van der Waals surface area contributed by atoms with E-state index in [1.165, 1.54) is 11.3 Å². The molecule has 3 nitrogen and oxygen atoms in total. The highest BCUT2D eigenvalue weighted by molar-refractivity contribution is 7.17. The van der Waals surface area contributed by atoms with Crippen molar-refractivity contribution >= 4 is 39.6 Å². The summed E-state index contributed by atoms with van der Waals surface area (Å²) >= 11 is 7.07. The fraction of sp³-hybridized carbons (Fsp3) is 0.167. The molecule has 23 heavy (non-hydrogen) atoms. The lowest BCUT2D eigenvalue weighted by molar-refractivity contribution is 0.0947. The van der Waals surface area contributed by atoms with Crippen LogP contribution >= 0.6 is 22.9 Å². The molecule has 1 amide bonds. The second-order valence-electron chi connectivity index (χ2n) is 5.23. The molecule has 0 aliphatic heterocycles. The lowest BCUT2D eigenvalue weighted by Crippen LogP contribution is -2.24. The van der Waals surface area contributed by atoms with E-state index in [2.05, 4.69) is 5.32 Å². The number of fused-ring (bicyclic) bond motifs is 1. The third-order valence-corrected chi connectivity index (χ3v) is 4.91. The van der Waals surface area contributed by atoms with Crippen LogP contribution in [0.2, 0.25) is 4.34 Å². The zero-order chi connectivity index (χ0) is 16.2. The fourth-order valence-electron chi connectivity index (χ4n) is 2.54. The summed E-state index contributed by atoms with van der Waals surface area (Å²) in [6.45, 7) is 0.402. The van der Waals surface area contributed by atoms with E-state index < -0.39 is 6.10 Å². The van der Waals surface area contributed by atoms with Crippen LogP contribution < -0.4 is 5.32 Å². The van der Waals surface area contributed by atoms with Gasteiger partial charge in [0, 0.05) is 6.54 Å². The van der Waals surface area contributed by atoms with E-state index in [1.807, 2.05) is 42.5 Å². The number of aliphatic hydroxyl groups is 1. The fourth-order valence-corrected chi connectivity index (χ4v) is 3.50. The Kier molecular flexibility index (Phi) is 4.96. The van der Waals surface area contributed by atoms with Gasteiger partial charge in [0.15, 0.2) is 0 Å². The van der Waals surface area contributed by atoms with Crippen molar-refractivity contribution in [1.29, 1.82) is 0 Å². The van der Waals surface area contributed by atoms with Crippen molar-refractivity contribution in [2.75, 3.05) is 6.54 Å². The summed E-state index contributed by atoms with van der Waals surface area (Å²) in [6, 6.07) is 17.2. The van der Waals surface area contributed by atoms with Gasteiger partial charge in [-0.05, 0) is 34.9 Å². The lowest BCUT2D eigenvalue weighted by Gasteiger charge is -2.14. The Balaban J connectivity index is 1.63. The molecule has 2 aromatic carbocycles. The molecule has 0 fully saturated rings. The second kappa shape index (κ2) is 7.13. The van der Waals surface area contributed by atoms with Gasteiger partial charge in [-0.1, -0.05) is 54.1 Å². The normalized spacial score (nSPS) is 12.3. The summed E-state index contributed by atoms with van der Waals surface area (Å²) in [7, 11) is 0. The molecular formula is C18H16ClNO2S. The van der Waals surface area contributed by atoms with Gasteiger partial charge in [-0.25, -0.2) is 0 Å². The van der Waals surface area contributed by atoms with Gasteiger partial charge in [0.05, 0.1) is 15.3 Å². The van der Waals surface area contributed by atoms with E-state index in [-0.39, 0.29) is 5.91 Å². The minimum atomic E-state index is -0.617. The second-order valence-corrected chi connectivity index (χ2v) is 6.95. The summed E-state index contributed by atoms with van der Waals surface area (Å²) < 4.78 is 0.589. The number of carbonyl (C=O) groups excluding carboxylic acids is 1. The first-order valence-corrected chi connectivity index (χ1v) is 8.54. The number of amides is 1. The van der Waals surface area contributed by atoms with Crippen LogP contribution in [0.1, 0.15) is 27.8 Å². The van der Waals surface area contributed by atoms with E-state index in [4.69, 9.17) is 11.6 Å². The van der Waals surface area contributed by atoms with E-state index in [1.54, 1.807) is 12.1 Å². The highest BCUT2D eigenvalue weighted by Crippen LogP contribution is 2.26. The van der Waals surface area contributed by atoms with Gasteiger partial charge in [-0.15, -0.1) is 11.3 Å². The zero-order valence-electron chi connectivity index (χ0n) is 12.3. The van der Waals surface area contributed by atoms with Gasteiger partial charge < -0.3 is 10.4 Å². The first-order chi connectivity index (χ1) is 11.1. The van der Waals surface area contributed by atoms with Crippen LogP contribution in [0.3, 0.4) is 0 Å². The van der Waals surface area contributed by atoms with Crippen molar-refractivity contribution in [3.8, 4) is 0 Å². The Labute approximate surface area is 143 Å². The quantitative estimate of drug-likeness (QED) is 0.719. The van der Waals surface area contributed by atoms with E-state index in [0.29, 0.717) is 22.2 Å². The van der Waals surface area contributed by atoms with Crippen molar-refractivity contribution in [2.45, 2.75) is 12.5 Å². The largest absolute Gasteiger partial charge is 0.388 e. The van der Waals surface area contributed by atoms with Crippen LogP contribution in [-0.2, 0) is 0 Å². The number of hydrogen-bond donors (Lipinski definition) is 2. The molecule has 0 radical (unpaired) electrons. The predicted molar refractivity (Wildman–Crippen MR) is 95.2 cm³/mol. The molecule has 118 valence electrons. The minimum Gasteiger partial charge on any atom is -0.388 e. The minimum absolute atomic E-state index is 0.160. The van der Waals surface area contributed by atoms with E-state index in [0.717, 1.165) is 16.3 Å². The number of carbonyl (C=O) groups is 1. The first-order valence-electron chi connectivity index (χ1n) is 7.34. The van der Waals surface area contributed by atoms with Crippen molar-refractivity contribution in [3.63, 3.8) is 0 Å². The molecule has 0 saturated carbocycles. The molecule has 0 unspecified atom stereocenters. The molecule has 1 atom stereocenters. The number of thiophene rings is 1. The van der Waals surface area contributed by atoms with Crippen molar-refractivity contribution < 1.29 is 9.90 Å². The molecular weight excluding hydrogens is 330 g/mol. The van der Waals surface area contributed by atoms with Crippen molar-refractivity contribution in [3.05, 3.63) is 69.4 Å². The average molecular weight is 346 g/mol. The number of aliphatic hydroxyl groups excluding tert-OH is 1. The van der Waals surface area contributed by atoms with Crippen LogP contribution in [0.25, 0.3) is 10.8 Å². The number of halogens is 1. The third kappa shape index (κ3) is 3.72. The van der Waals surface area contributed by atoms with Gasteiger partial charge in [0.2, 0.25) is 0 Å². The molecule has 0 spiro atoms.